The third-order valence-corrected chi connectivity index (χ3v) is 5.99. The molecule has 2 aromatic rings. The van der Waals surface area contributed by atoms with Crippen molar-refractivity contribution in [1.82, 2.24) is 10.3 Å². The van der Waals surface area contributed by atoms with Crippen LogP contribution in [0.25, 0.3) is 10.9 Å². The lowest BCUT2D eigenvalue weighted by Crippen LogP contribution is -2.33. The van der Waals surface area contributed by atoms with Gasteiger partial charge in [-0.05, 0) is 36.6 Å². The van der Waals surface area contributed by atoms with E-state index < -0.39 is 9.84 Å². The fourth-order valence-corrected chi connectivity index (χ4v) is 4.76. The van der Waals surface area contributed by atoms with Crippen molar-refractivity contribution in [3.8, 4) is 0 Å². The molecule has 1 atom stereocenters. The van der Waals surface area contributed by atoms with Crippen LogP contribution in [0.1, 0.15) is 6.42 Å². The van der Waals surface area contributed by atoms with Crippen LogP contribution >= 0.6 is 11.6 Å². The second-order valence-electron chi connectivity index (χ2n) is 5.60. The lowest BCUT2D eigenvalue weighted by molar-refractivity contribution is 0.250. The van der Waals surface area contributed by atoms with E-state index >= 15 is 0 Å². The van der Waals surface area contributed by atoms with Gasteiger partial charge in [-0.3, -0.25) is 4.98 Å². The SMILES string of the molecule is O=C(NC[C@@H]1CCS(=O)(=O)C1)Nc1ccc(Cl)c2ncccc12. The second-order valence-corrected chi connectivity index (χ2v) is 8.23. The number of halogens is 1. The van der Waals surface area contributed by atoms with Crippen molar-refractivity contribution in [2.75, 3.05) is 23.4 Å². The summed E-state index contributed by atoms with van der Waals surface area (Å²) in [7, 11) is -2.93. The van der Waals surface area contributed by atoms with Crippen LogP contribution in [-0.4, -0.2) is 37.5 Å². The Balaban J connectivity index is 1.66. The highest BCUT2D eigenvalue weighted by atomic mass is 35.5. The first-order valence-corrected chi connectivity index (χ1v) is 9.43. The molecule has 23 heavy (non-hydrogen) atoms. The maximum atomic E-state index is 12.0. The first-order chi connectivity index (χ1) is 10.9. The van der Waals surface area contributed by atoms with E-state index in [0.29, 0.717) is 29.2 Å². The molecule has 1 fully saturated rings. The number of carbonyl (C=O) groups is 1. The molecule has 1 aliphatic heterocycles. The van der Waals surface area contributed by atoms with Crippen molar-refractivity contribution < 1.29 is 13.2 Å². The van der Waals surface area contributed by atoms with E-state index in [-0.39, 0.29) is 23.5 Å². The number of hydrogen-bond donors (Lipinski definition) is 2. The van der Waals surface area contributed by atoms with Gasteiger partial charge in [-0.1, -0.05) is 11.6 Å². The molecule has 2 amide bonds. The summed E-state index contributed by atoms with van der Waals surface area (Å²) >= 11 is 6.09. The lowest BCUT2D eigenvalue weighted by atomic mass is 10.1. The fraction of sp³-hybridized carbons (Fsp3) is 0.333. The fourth-order valence-electron chi connectivity index (χ4n) is 2.68. The number of amides is 2. The van der Waals surface area contributed by atoms with Gasteiger partial charge in [0.1, 0.15) is 0 Å². The summed E-state index contributed by atoms with van der Waals surface area (Å²) in [5, 5.41) is 6.75. The molecule has 0 spiro atoms. The van der Waals surface area contributed by atoms with Gasteiger partial charge in [0, 0.05) is 18.1 Å². The van der Waals surface area contributed by atoms with Gasteiger partial charge in [0.25, 0.3) is 0 Å². The van der Waals surface area contributed by atoms with E-state index in [1.54, 1.807) is 24.4 Å². The van der Waals surface area contributed by atoms with Gasteiger partial charge in [0.15, 0.2) is 9.84 Å². The van der Waals surface area contributed by atoms with Gasteiger partial charge in [0.2, 0.25) is 0 Å². The Bertz CT molecular complexity index is 854. The quantitative estimate of drug-likeness (QED) is 0.887. The molecule has 1 aliphatic rings. The molecule has 6 nitrogen and oxygen atoms in total. The van der Waals surface area contributed by atoms with Crippen molar-refractivity contribution in [2.45, 2.75) is 6.42 Å². The van der Waals surface area contributed by atoms with Gasteiger partial charge < -0.3 is 10.6 Å². The van der Waals surface area contributed by atoms with Crippen molar-refractivity contribution in [1.29, 1.82) is 0 Å². The molecule has 1 aromatic heterocycles. The predicted molar refractivity (Wildman–Crippen MR) is 90.5 cm³/mol. The van der Waals surface area contributed by atoms with Crippen molar-refractivity contribution in [2.24, 2.45) is 5.92 Å². The van der Waals surface area contributed by atoms with Gasteiger partial charge in [0.05, 0.1) is 27.7 Å². The number of pyridine rings is 1. The van der Waals surface area contributed by atoms with Crippen LogP contribution in [0, 0.1) is 5.92 Å². The summed E-state index contributed by atoms with van der Waals surface area (Å²) < 4.78 is 22.8. The van der Waals surface area contributed by atoms with Crippen LogP contribution in [0.3, 0.4) is 0 Å². The monoisotopic (exact) mass is 353 g/mol. The summed E-state index contributed by atoms with van der Waals surface area (Å²) in [5.74, 6) is 0.324. The van der Waals surface area contributed by atoms with Gasteiger partial charge >= 0.3 is 6.03 Å². The highest BCUT2D eigenvalue weighted by Crippen LogP contribution is 2.27. The maximum absolute atomic E-state index is 12.0. The zero-order valence-electron chi connectivity index (χ0n) is 12.3. The van der Waals surface area contributed by atoms with E-state index in [9.17, 15) is 13.2 Å². The third kappa shape index (κ3) is 3.73. The van der Waals surface area contributed by atoms with E-state index in [0.717, 1.165) is 5.39 Å². The van der Waals surface area contributed by atoms with Crippen molar-refractivity contribution >= 4 is 44.1 Å². The molecule has 122 valence electrons. The number of sulfone groups is 1. The number of benzene rings is 1. The summed E-state index contributed by atoms with van der Waals surface area (Å²) in [6.07, 6.45) is 2.23. The number of urea groups is 1. The van der Waals surface area contributed by atoms with E-state index in [2.05, 4.69) is 15.6 Å². The van der Waals surface area contributed by atoms with Gasteiger partial charge in [-0.25, -0.2) is 13.2 Å². The standard InChI is InChI=1S/C15H16ClN3O3S/c16-12-3-4-13(11-2-1-6-17-14(11)12)19-15(20)18-8-10-5-7-23(21,22)9-10/h1-4,6,10H,5,7-9H2,(H2,18,19,20)/t10-/m0/s1. The zero-order chi connectivity index (χ0) is 16.4. The summed E-state index contributed by atoms with van der Waals surface area (Å²) in [4.78, 5) is 16.2. The van der Waals surface area contributed by atoms with Crippen LogP contribution in [0.2, 0.25) is 5.02 Å². The molecule has 0 bridgehead atoms. The highest BCUT2D eigenvalue weighted by molar-refractivity contribution is 7.91. The second kappa shape index (κ2) is 6.33. The van der Waals surface area contributed by atoms with Crippen molar-refractivity contribution in [3.63, 3.8) is 0 Å². The number of nitrogens with one attached hydrogen (secondary N) is 2. The number of hydrogen-bond acceptors (Lipinski definition) is 4. The topological polar surface area (TPSA) is 88.2 Å². The van der Waals surface area contributed by atoms with E-state index in [4.69, 9.17) is 11.6 Å². The third-order valence-electron chi connectivity index (χ3n) is 3.85. The molecule has 0 unspecified atom stereocenters. The molecule has 1 saturated heterocycles. The number of carbonyl (C=O) groups excluding carboxylic acids is 1. The number of rotatable bonds is 3. The number of fused-ring (bicyclic) bond motifs is 1. The minimum absolute atomic E-state index is 0.0191. The van der Waals surface area contributed by atoms with Crippen LogP contribution in [0.15, 0.2) is 30.5 Å². The Hall–Kier alpha value is -1.86. The molecule has 0 radical (unpaired) electrons. The smallest absolute Gasteiger partial charge is 0.319 e. The number of aromatic nitrogens is 1. The predicted octanol–water partition coefficient (Wildman–Crippen LogP) is 2.44. The van der Waals surface area contributed by atoms with Crippen LogP contribution in [0.5, 0.6) is 0 Å². The average molecular weight is 354 g/mol. The molecule has 2 heterocycles. The van der Waals surface area contributed by atoms with Crippen LogP contribution in [-0.2, 0) is 9.84 Å². The molecular formula is C15H16ClN3O3S. The highest BCUT2D eigenvalue weighted by Gasteiger charge is 2.27. The Kier molecular flexibility index (Phi) is 4.41. The van der Waals surface area contributed by atoms with Crippen LogP contribution < -0.4 is 10.6 Å². The maximum Gasteiger partial charge on any atom is 0.319 e. The molecule has 0 aliphatic carbocycles. The number of anilines is 1. The van der Waals surface area contributed by atoms with Gasteiger partial charge in [-0.15, -0.1) is 0 Å². The van der Waals surface area contributed by atoms with Crippen molar-refractivity contribution in [3.05, 3.63) is 35.5 Å². The lowest BCUT2D eigenvalue weighted by Gasteiger charge is -2.12. The molecular weight excluding hydrogens is 338 g/mol. The Morgan fingerprint density at radius 2 is 2.17 bits per heavy atom. The minimum Gasteiger partial charge on any atom is -0.338 e. The summed E-state index contributed by atoms with van der Waals surface area (Å²) in [6, 6.07) is 6.61. The average Bonchev–Trinajstić information content (AvgIpc) is 2.88. The summed E-state index contributed by atoms with van der Waals surface area (Å²) in [6.45, 7) is 0.342. The molecule has 0 saturated carbocycles. The first-order valence-electron chi connectivity index (χ1n) is 7.23. The van der Waals surface area contributed by atoms with E-state index in [1.165, 1.54) is 0 Å². The van der Waals surface area contributed by atoms with Crippen LogP contribution in [0.4, 0.5) is 10.5 Å². The molecule has 3 rings (SSSR count). The summed E-state index contributed by atoms with van der Waals surface area (Å²) in [5.41, 5.74) is 1.22. The minimum atomic E-state index is -2.93. The molecule has 1 aromatic carbocycles. The molecule has 2 N–H and O–H groups in total. The zero-order valence-corrected chi connectivity index (χ0v) is 13.8. The first kappa shape index (κ1) is 16.0. The Morgan fingerprint density at radius 3 is 2.91 bits per heavy atom. The Morgan fingerprint density at radius 1 is 1.35 bits per heavy atom. The Labute approximate surface area is 139 Å². The normalized spacial score (nSPS) is 19.6. The largest absolute Gasteiger partial charge is 0.338 e. The molecule has 8 heteroatoms. The van der Waals surface area contributed by atoms with Gasteiger partial charge in [-0.2, -0.15) is 0 Å². The van der Waals surface area contributed by atoms with E-state index in [1.807, 2.05) is 6.07 Å². The number of nitrogens with zero attached hydrogens (tertiary/aromatic N) is 1.